The lowest BCUT2D eigenvalue weighted by Gasteiger charge is -2.29. The van der Waals surface area contributed by atoms with Crippen LogP contribution in [0.15, 0.2) is 0 Å². The highest BCUT2D eigenvalue weighted by atomic mass is 19.4. The highest BCUT2D eigenvalue weighted by Gasteiger charge is 2.51. The second kappa shape index (κ2) is 5.73. The third-order valence-electron chi connectivity index (χ3n) is 4.41. The van der Waals surface area contributed by atoms with Crippen LogP contribution >= 0.6 is 0 Å². The van der Waals surface area contributed by atoms with Crippen LogP contribution in [0.4, 0.5) is 18.0 Å². The Morgan fingerprint density at radius 3 is 2.48 bits per heavy atom. The first kappa shape index (κ1) is 15.9. The van der Waals surface area contributed by atoms with Crippen LogP contribution in [-0.2, 0) is 4.79 Å². The van der Waals surface area contributed by atoms with E-state index >= 15 is 0 Å². The molecule has 2 amide bonds. The summed E-state index contributed by atoms with van der Waals surface area (Å²) in [5.74, 6) is -1.41. The van der Waals surface area contributed by atoms with E-state index in [0.29, 0.717) is 0 Å². The maximum absolute atomic E-state index is 12.2. The van der Waals surface area contributed by atoms with Crippen molar-refractivity contribution in [1.82, 2.24) is 10.6 Å². The van der Waals surface area contributed by atoms with Gasteiger partial charge in [0.05, 0.1) is 12.3 Å². The Hall–Kier alpha value is -1.47. The number of hydrogen-bond donors (Lipinski definition) is 3. The molecule has 0 saturated heterocycles. The van der Waals surface area contributed by atoms with Crippen LogP contribution in [0, 0.1) is 17.8 Å². The maximum atomic E-state index is 12.2. The monoisotopic (exact) mass is 308 g/mol. The molecule has 2 aliphatic carbocycles. The SMILES string of the molecule is CC(CC(F)(F)F)NC(=O)NC1C2CCC(C2)C1C(=O)O. The molecule has 2 aliphatic rings. The Balaban J connectivity index is 1.89. The van der Waals surface area contributed by atoms with E-state index in [0.717, 1.165) is 19.3 Å². The molecule has 5 nitrogen and oxygen atoms in total. The first-order chi connectivity index (χ1) is 9.67. The molecule has 0 spiro atoms. The summed E-state index contributed by atoms with van der Waals surface area (Å²) in [6, 6.07) is -2.26. The predicted molar refractivity (Wildman–Crippen MR) is 67.5 cm³/mol. The third kappa shape index (κ3) is 3.79. The largest absolute Gasteiger partial charge is 0.481 e. The summed E-state index contributed by atoms with van der Waals surface area (Å²) in [6.45, 7) is 1.27. The van der Waals surface area contributed by atoms with Crippen molar-refractivity contribution in [2.24, 2.45) is 17.8 Å². The average Bonchev–Trinajstić information content (AvgIpc) is 2.85. The first-order valence-electron chi connectivity index (χ1n) is 7.04. The molecule has 5 atom stereocenters. The van der Waals surface area contributed by atoms with E-state index in [9.17, 15) is 27.9 Å². The first-order valence-corrected chi connectivity index (χ1v) is 7.04. The van der Waals surface area contributed by atoms with Crippen molar-refractivity contribution in [1.29, 1.82) is 0 Å². The van der Waals surface area contributed by atoms with E-state index in [2.05, 4.69) is 10.6 Å². The zero-order valence-corrected chi connectivity index (χ0v) is 11.6. The second-order valence-electron chi connectivity index (χ2n) is 6.06. The van der Waals surface area contributed by atoms with Gasteiger partial charge in [0.25, 0.3) is 0 Å². The Labute approximate surface area is 120 Å². The quantitative estimate of drug-likeness (QED) is 0.744. The summed E-state index contributed by atoms with van der Waals surface area (Å²) < 4.78 is 36.6. The molecule has 2 fully saturated rings. The Kier molecular flexibility index (Phi) is 4.34. The molecule has 0 aromatic carbocycles. The van der Waals surface area contributed by atoms with E-state index in [1.807, 2.05) is 0 Å². The molecule has 0 aliphatic heterocycles. The molecule has 8 heteroatoms. The number of rotatable bonds is 4. The van der Waals surface area contributed by atoms with Gasteiger partial charge < -0.3 is 15.7 Å². The highest BCUT2D eigenvalue weighted by Crippen LogP contribution is 2.48. The highest BCUT2D eigenvalue weighted by molar-refractivity contribution is 5.77. The number of amides is 2. The van der Waals surface area contributed by atoms with Gasteiger partial charge in [-0.15, -0.1) is 0 Å². The fourth-order valence-electron chi connectivity index (χ4n) is 3.67. The van der Waals surface area contributed by atoms with Gasteiger partial charge in [-0.25, -0.2) is 4.79 Å². The molecule has 2 rings (SSSR count). The van der Waals surface area contributed by atoms with Crippen LogP contribution in [-0.4, -0.2) is 35.4 Å². The van der Waals surface area contributed by atoms with Gasteiger partial charge in [0, 0.05) is 12.1 Å². The lowest BCUT2D eigenvalue weighted by atomic mass is 9.84. The summed E-state index contributed by atoms with van der Waals surface area (Å²) in [4.78, 5) is 23.0. The number of alkyl halides is 3. The molecular formula is C13H19F3N2O3. The summed E-state index contributed by atoms with van der Waals surface area (Å²) in [5.41, 5.74) is 0. The fourth-order valence-corrected chi connectivity index (χ4v) is 3.67. The Morgan fingerprint density at radius 1 is 1.29 bits per heavy atom. The van der Waals surface area contributed by atoms with E-state index < -0.39 is 42.6 Å². The summed E-state index contributed by atoms with van der Waals surface area (Å²) >= 11 is 0. The topological polar surface area (TPSA) is 78.4 Å². The number of aliphatic carboxylic acids is 1. The molecule has 0 aromatic heterocycles. The molecule has 21 heavy (non-hydrogen) atoms. The number of carboxylic acids is 1. The number of carboxylic acid groups (broad SMARTS) is 1. The minimum absolute atomic E-state index is 0.0606. The summed E-state index contributed by atoms with van der Waals surface area (Å²) in [5, 5.41) is 14.0. The van der Waals surface area contributed by atoms with Gasteiger partial charge in [0.1, 0.15) is 0 Å². The number of carbonyl (C=O) groups excluding carboxylic acids is 1. The lowest BCUT2D eigenvalue weighted by molar-refractivity contribution is -0.144. The zero-order chi connectivity index (χ0) is 15.8. The van der Waals surface area contributed by atoms with Gasteiger partial charge >= 0.3 is 18.2 Å². The van der Waals surface area contributed by atoms with Gasteiger partial charge in [0.15, 0.2) is 0 Å². The number of carbonyl (C=O) groups is 2. The molecular weight excluding hydrogens is 289 g/mol. The van der Waals surface area contributed by atoms with E-state index in [1.165, 1.54) is 6.92 Å². The minimum atomic E-state index is -4.34. The molecule has 120 valence electrons. The Bertz CT molecular complexity index is 427. The molecule has 0 aromatic rings. The van der Waals surface area contributed by atoms with Crippen LogP contribution in [0.2, 0.25) is 0 Å². The molecule has 3 N–H and O–H groups in total. The van der Waals surface area contributed by atoms with Gasteiger partial charge in [-0.1, -0.05) is 0 Å². The van der Waals surface area contributed by atoms with E-state index in [-0.39, 0.29) is 11.8 Å². The number of fused-ring (bicyclic) bond motifs is 2. The summed E-state index contributed by atoms with van der Waals surface area (Å²) in [7, 11) is 0. The molecule has 0 radical (unpaired) electrons. The molecule has 2 bridgehead atoms. The number of urea groups is 1. The molecule has 0 heterocycles. The van der Waals surface area contributed by atoms with Crippen molar-refractivity contribution < 1.29 is 27.9 Å². The number of hydrogen-bond acceptors (Lipinski definition) is 2. The fraction of sp³-hybridized carbons (Fsp3) is 0.846. The minimum Gasteiger partial charge on any atom is -0.481 e. The Morgan fingerprint density at radius 2 is 1.90 bits per heavy atom. The van der Waals surface area contributed by atoms with E-state index in [1.54, 1.807) is 0 Å². The number of nitrogens with one attached hydrogen (secondary N) is 2. The zero-order valence-electron chi connectivity index (χ0n) is 11.6. The van der Waals surface area contributed by atoms with Crippen LogP contribution in [0.25, 0.3) is 0 Å². The van der Waals surface area contributed by atoms with Crippen molar-refractivity contribution in [2.75, 3.05) is 0 Å². The van der Waals surface area contributed by atoms with Crippen LogP contribution in [0.1, 0.15) is 32.6 Å². The van der Waals surface area contributed by atoms with Crippen LogP contribution in [0.5, 0.6) is 0 Å². The van der Waals surface area contributed by atoms with Crippen molar-refractivity contribution in [3.8, 4) is 0 Å². The van der Waals surface area contributed by atoms with Crippen molar-refractivity contribution in [3.05, 3.63) is 0 Å². The van der Waals surface area contributed by atoms with Crippen molar-refractivity contribution in [2.45, 2.75) is 50.9 Å². The van der Waals surface area contributed by atoms with Gasteiger partial charge in [-0.05, 0) is 38.0 Å². The van der Waals surface area contributed by atoms with Crippen LogP contribution < -0.4 is 10.6 Å². The van der Waals surface area contributed by atoms with Crippen molar-refractivity contribution >= 4 is 12.0 Å². The predicted octanol–water partition coefficient (Wildman–Crippen LogP) is 2.13. The van der Waals surface area contributed by atoms with Crippen molar-refractivity contribution in [3.63, 3.8) is 0 Å². The standard InChI is InChI=1S/C13H19F3N2O3/c1-6(5-13(14,15)16)17-12(21)18-10-8-3-2-7(4-8)9(10)11(19)20/h6-10H,2-5H2,1H3,(H,19,20)(H2,17,18,21). The van der Waals surface area contributed by atoms with Crippen LogP contribution in [0.3, 0.4) is 0 Å². The average molecular weight is 308 g/mol. The van der Waals surface area contributed by atoms with Gasteiger partial charge in [0.2, 0.25) is 0 Å². The maximum Gasteiger partial charge on any atom is 0.391 e. The number of halogens is 3. The smallest absolute Gasteiger partial charge is 0.391 e. The van der Waals surface area contributed by atoms with Gasteiger partial charge in [-0.3, -0.25) is 4.79 Å². The third-order valence-corrected chi connectivity index (χ3v) is 4.41. The summed E-state index contributed by atoms with van der Waals surface area (Å²) in [6.07, 6.45) is -2.99. The molecule has 2 saturated carbocycles. The molecule has 5 unspecified atom stereocenters. The lowest BCUT2D eigenvalue weighted by Crippen LogP contribution is -2.52. The second-order valence-corrected chi connectivity index (χ2v) is 6.06. The normalized spacial score (nSPS) is 32.8. The van der Waals surface area contributed by atoms with E-state index in [4.69, 9.17) is 0 Å². The van der Waals surface area contributed by atoms with Gasteiger partial charge in [-0.2, -0.15) is 13.2 Å².